The molecule has 0 aromatic heterocycles. The normalized spacial score (nSPS) is 20.8. The Morgan fingerprint density at radius 3 is 2.33 bits per heavy atom. The minimum absolute atomic E-state index is 0.0598. The summed E-state index contributed by atoms with van der Waals surface area (Å²) in [5.41, 5.74) is 1.17. The SMILES string of the molecule is CCCCCCCCCCC1CNC(Cc2ccccc2)C(=O)O1. The van der Waals surface area contributed by atoms with E-state index in [4.69, 9.17) is 4.74 Å². The number of carbonyl (C=O) groups excluding carboxylic acids is 1. The van der Waals surface area contributed by atoms with Crippen LogP contribution < -0.4 is 5.32 Å². The van der Waals surface area contributed by atoms with E-state index in [1.807, 2.05) is 18.2 Å². The van der Waals surface area contributed by atoms with E-state index >= 15 is 0 Å². The van der Waals surface area contributed by atoms with E-state index in [0.29, 0.717) is 6.42 Å². The van der Waals surface area contributed by atoms with Crippen LogP contribution in [0, 0.1) is 0 Å². The van der Waals surface area contributed by atoms with Gasteiger partial charge in [0.05, 0.1) is 0 Å². The number of carbonyl (C=O) groups is 1. The van der Waals surface area contributed by atoms with Gasteiger partial charge in [-0.25, -0.2) is 0 Å². The predicted octanol–water partition coefficient (Wildman–Crippen LogP) is 4.64. The Balaban J connectivity index is 1.55. The fraction of sp³-hybridized carbons (Fsp3) is 0.667. The quantitative estimate of drug-likeness (QED) is 0.474. The Morgan fingerprint density at radius 2 is 1.67 bits per heavy atom. The molecular formula is C21H33NO2. The first-order valence-electron chi connectivity index (χ1n) is 9.77. The van der Waals surface area contributed by atoms with Gasteiger partial charge in [0.25, 0.3) is 0 Å². The summed E-state index contributed by atoms with van der Waals surface area (Å²) in [6, 6.07) is 9.93. The summed E-state index contributed by atoms with van der Waals surface area (Å²) in [7, 11) is 0. The minimum atomic E-state index is -0.192. The molecule has 0 radical (unpaired) electrons. The second-order valence-electron chi connectivity index (χ2n) is 6.97. The van der Waals surface area contributed by atoms with Gasteiger partial charge in [-0.2, -0.15) is 0 Å². The predicted molar refractivity (Wildman–Crippen MR) is 99.0 cm³/mol. The van der Waals surface area contributed by atoms with Crippen molar-refractivity contribution in [3.05, 3.63) is 35.9 Å². The molecule has 0 aliphatic carbocycles. The van der Waals surface area contributed by atoms with Crippen LogP contribution in [0.2, 0.25) is 0 Å². The van der Waals surface area contributed by atoms with Crippen molar-refractivity contribution < 1.29 is 9.53 Å². The number of morpholine rings is 1. The van der Waals surface area contributed by atoms with E-state index in [9.17, 15) is 4.79 Å². The Hall–Kier alpha value is -1.35. The lowest BCUT2D eigenvalue weighted by Crippen LogP contribution is -2.50. The Labute approximate surface area is 147 Å². The number of unbranched alkanes of at least 4 members (excludes halogenated alkanes) is 7. The Bertz CT molecular complexity index is 460. The molecule has 1 fully saturated rings. The second-order valence-corrected chi connectivity index (χ2v) is 6.97. The number of ether oxygens (including phenoxy) is 1. The molecule has 1 heterocycles. The number of rotatable bonds is 11. The fourth-order valence-electron chi connectivity index (χ4n) is 3.32. The molecule has 1 aliphatic rings. The van der Waals surface area contributed by atoms with Crippen molar-refractivity contribution in [1.82, 2.24) is 5.32 Å². The van der Waals surface area contributed by atoms with Crippen LogP contribution in [0.3, 0.4) is 0 Å². The van der Waals surface area contributed by atoms with Gasteiger partial charge in [-0.05, 0) is 24.8 Å². The van der Waals surface area contributed by atoms with Gasteiger partial charge < -0.3 is 10.1 Å². The molecule has 1 aromatic rings. The molecule has 0 spiro atoms. The molecule has 1 aliphatic heterocycles. The highest BCUT2D eigenvalue weighted by Gasteiger charge is 2.29. The van der Waals surface area contributed by atoms with E-state index in [-0.39, 0.29) is 18.1 Å². The van der Waals surface area contributed by atoms with E-state index < -0.39 is 0 Å². The van der Waals surface area contributed by atoms with Gasteiger partial charge in [0.2, 0.25) is 0 Å². The van der Waals surface area contributed by atoms with Crippen molar-refractivity contribution in [3.8, 4) is 0 Å². The van der Waals surface area contributed by atoms with E-state index in [0.717, 1.165) is 19.4 Å². The van der Waals surface area contributed by atoms with Crippen molar-refractivity contribution in [2.45, 2.75) is 83.3 Å². The number of hydrogen-bond acceptors (Lipinski definition) is 3. The third kappa shape index (κ3) is 7.04. The van der Waals surface area contributed by atoms with Crippen LogP contribution >= 0.6 is 0 Å². The van der Waals surface area contributed by atoms with Gasteiger partial charge in [0.1, 0.15) is 12.1 Å². The summed E-state index contributed by atoms with van der Waals surface area (Å²) < 4.78 is 5.63. The maximum absolute atomic E-state index is 12.2. The summed E-state index contributed by atoms with van der Waals surface area (Å²) in [4.78, 5) is 12.2. The van der Waals surface area contributed by atoms with E-state index in [1.165, 1.54) is 50.5 Å². The van der Waals surface area contributed by atoms with Crippen LogP contribution in [0.4, 0.5) is 0 Å². The topological polar surface area (TPSA) is 38.3 Å². The third-order valence-corrected chi connectivity index (χ3v) is 4.82. The number of cyclic esters (lactones) is 1. The van der Waals surface area contributed by atoms with Crippen LogP contribution in [0.5, 0.6) is 0 Å². The third-order valence-electron chi connectivity index (χ3n) is 4.82. The molecule has 2 unspecified atom stereocenters. The highest BCUT2D eigenvalue weighted by atomic mass is 16.5. The molecule has 1 N–H and O–H groups in total. The molecule has 1 saturated heterocycles. The monoisotopic (exact) mass is 331 g/mol. The van der Waals surface area contributed by atoms with Crippen LogP contribution in [0.1, 0.15) is 70.3 Å². The summed E-state index contributed by atoms with van der Waals surface area (Å²) in [6.45, 7) is 3.05. The van der Waals surface area contributed by atoms with Gasteiger partial charge in [-0.1, -0.05) is 82.2 Å². The largest absolute Gasteiger partial charge is 0.460 e. The van der Waals surface area contributed by atoms with Gasteiger partial charge in [-0.15, -0.1) is 0 Å². The first-order valence-corrected chi connectivity index (χ1v) is 9.77. The second kappa shape index (κ2) is 11.2. The molecule has 0 amide bonds. The standard InChI is InChI=1S/C21H33NO2/c1-2-3-4-5-6-7-8-12-15-19-17-22-20(21(23)24-19)16-18-13-10-9-11-14-18/h9-11,13-14,19-20,22H,2-8,12,15-17H2,1H3. The Morgan fingerprint density at radius 1 is 1.00 bits per heavy atom. The zero-order chi connectivity index (χ0) is 17.0. The summed E-state index contributed by atoms with van der Waals surface area (Å²) in [6.07, 6.45) is 12.3. The number of esters is 1. The lowest BCUT2D eigenvalue weighted by Gasteiger charge is -2.29. The molecule has 3 heteroatoms. The zero-order valence-corrected chi connectivity index (χ0v) is 15.1. The van der Waals surface area contributed by atoms with Crippen LogP contribution in [0.25, 0.3) is 0 Å². The minimum Gasteiger partial charge on any atom is -0.460 e. The molecule has 0 saturated carbocycles. The highest BCUT2D eigenvalue weighted by molar-refractivity contribution is 5.77. The molecule has 1 aromatic carbocycles. The van der Waals surface area contributed by atoms with E-state index in [2.05, 4.69) is 24.4 Å². The first-order chi connectivity index (χ1) is 11.8. The molecule has 24 heavy (non-hydrogen) atoms. The zero-order valence-electron chi connectivity index (χ0n) is 15.1. The van der Waals surface area contributed by atoms with Crippen molar-refractivity contribution >= 4 is 5.97 Å². The lowest BCUT2D eigenvalue weighted by atomic mass is 10.0. The van der Waals surface area contributed by atoms with Crippen LogP contribution in [-0.4, -0.2) is 24.7 Å². The summed E-state index contributed by atoms with van der Waals surface area (Å²) in [5, 5.41) is 3.37. The molecule has 0 bridgehead atoms. The fourth-order valence-corrected chi connectivity index (χ4v) is 3.32. The molecular weight excluding hydrogens is 298 g/mol. The average Bonchev–Trinajstić information content (AvgIpc) is 2.60. The number of benzene rings is 1. The van der Waals surface area contributed by atoms with Crippen LogP contribution in [0.15, 0.2) is 30.3 Å². The Kier molecular flexibility index (Phi) is 8.90. The van der Waals surface area contributed by atoms with Crippen molar-refractivity contribution in [2.24, 2.45) is 0 Å². The average molecular weight is 332 g/mol. The van der Waals surface area contributed by atoms with E-state index in [1.54, 1.807) is 0 Å². The van der Waals surface area contributed by atoms with Gasteiger partial charge in [-0.3, -0.25) is 4.79 Å². The van der Waals surface area contributed by atoms with Crippen molar-refractivity contribution in [2.75, 3.05) is 6.54 Å². The summed E-state index contributed by atoms with van der Waals surface area (Å²) in [5.74, 6) is -0.0883. The summed E-state index contributed by atoms with van der Waals surface area (Å²) >= 11 is 0. The van der Waals surface area contributed by atoms with Crippen molar-refractivity contribution in [1.29, 1.82) is 0 Å². The van der Waals surface area contributed by atoms with Gasteiger partial charge in [0.15, 0.2) is 0 Å². The molecule has 2 atom stereocenters. The lowest BCUT2D eigenvalue weighted by molar-refractivity contribution is -0.156. The maximum Gasteiger partial charge on any atom is 0.323 e. The number of nitrogens with one attached hydrogen (secondary N) is 1. The van der Waals surface area contributed by atoms with Crippen LogP contribution in [-0.2, 0) is 16.0 Å². The number of hydrogen-bond donors (Lipinski definition) is 1. The highest BCUT2D eigenvalue weighted by Crippen LogP contribution is 2.15. The molecule has 3 nitrogen and oxygen atoms in total. The maximum atomic E-state index is 12.2. The van der Waals surface area contributed by atoms with Crippen molar-refractivity contribution in [3.63, 3.8) is 0 Å². The molecule has 134 valence electrons. The first kappa shape index (κ1) is 19.0. The van der Waals surface area contributed by atoms with Gasteiger partial charge >= 0.3 is 5.97 Å². The van der Waals surface area contributed by atoms with Gasteiger partial charge in [0, 0.05) is 6.54 Å². The smallest absolute Gasteiger partial charge is 0.323 e. The molecule has 2 rings (SSSR count).